The van der Waals surface area contributed by atoms with Crippen LogP contribution >= 0.6 is 0 Å². The van der Waals surface area contributed by atoms with Gasteiger partial charge in [0.05, 0.1) is 18.1 Å². The zero-order chi connectivity index (χ0) is 10.7. The van der Waals surface area contributed by atoms with Gasteiger partial charge >= 0.3 is 0 Å². The Morgan fingerprint density at radius 2 is 2.29 bits per heavy atom. The molecule has 2 N–H and O–H groups in total. The first-order valence-corrected chi connectivity index (χ1v) is 3.81. The molecule has 0 amide bonds. The van der Waals surface area contributed by atoms with E-state index < -0.39 is 10.7 Å². The minimum atomic E-state index is -0.776. The van der Waals surface area contributed by atoms with Crippen molar-refractivity contribution in [1.82, 2.24) is 0 Å². The van der Waals surface area contributed by atoms with Crippen LogP contribution in [0.1, 0.15) is 5.56 Å². The molecule has 6 heteroatoms. The number of benzene rings is 1. The van der Waals surface area contributed by atoms with Gasteiger partial charge in [0.15, 0.2) is 11.6 Å². The summed E-state index contributed by atoms with van der Waals surface area (Å²) in [5, 5.41) is 10.4. The molecule has 0 aliphatic heterocycles. The van der Waals surface area contributed by atoms with Crippen molar-refractivity contribution in [2.24, 2.45) is 5.73 Å². The van der Waals surface area contributed by atoms with Gasteiger partial charge in [-0.1, -0.05) is 0 Å². The molecule has 0 radical (unpaired) electrons. The summed E-state index contributed by atoms with van der Waals surface area (Å²) in [6.45, 7) is -0.0121. The van der Waals surface area contributed by atoms with Gasteiger partial charge in [-0.25, -0.2) is 4.39 Å². The highest BCUT2D eigenvalue weighted by molar-refractivity contribution is 5.44. The number of methoxy groups -OCH3 is 1. The zero-order valence-electron chi connectivity index (χ0n) is 7.49. The summed E-state index contributed by atoms with van der Waals surface area (Å²) in [4.78, 5) is 9.70. The second kappa shape index (κ2) is 4.01. The van der Waals surface area contributed by atoms with Crippen LogP contribution in [-0.2, 0) is 6.54 Å². The Hall–Kier alpha value is -1.69. The van der Waals surface area contributed by atoms with Gasteiger partial charge in [0.25, 0.3) is 5.69 Å². The molecule has 0 fully saturated rings. The summed E-state index contributed by atoms with van der Waals surface area (Å²) >= 11 is 0. The van der Waals surface area contributed by atoms with Gasteiger partial charge < -0.3 is 10.5 Å². The van der Waals surface area contributed by atoms with Gasteiger partial charge in [0.1, 0.15) is 0 Å². The predicted octanol–water partition coefficient (Wildman–Crippen LogP) is 1.20. The molecule has 5 nitrogen and oxygen atoms in total. The molecule has 0 aromatic heterocycles. The van der Waals surface area contributed by atoms with Crippen molar-refractivity contribution < 1.29 is 14.1 Å². The smallest absolute Gasteiger partial charge is 0.272 e. The average Bonchev–Trinajstić information content (AvgIpc) is 2.16. The van der Waals surface area contributed by atoms with Gasteiger partial charge in [0.2, 0.25) is 0 Å². The van der Waals surface area contributed by atoms with Gasteiger partial charge in [0, 0.05) is 18.2 Å². The molecule has 1 rings (SSSR count). The number of nitrogens with two attached hydrogens (primary N) is 1. The fourth-order valence-corrected chi connectivity index (χ4v) is 1.12. The van der Waals surface area contributed by atoms with Crippen LogP contribution in [0.5, 0.6) is 5.75 Å². The normalized spacial score (nSPS) is 9.93. The predicted molar refractivity (Wildman–Crippen MR) is 47.5 cm³/mol. The van der Waals surface area contributed by atoms with Gasteiger partial charge in [-0.05, 0) is 0 Å². The SMILES string of the molecule is COc1c(F)cc([N+](=O)[O-])cc1CN. The molecule has 0 saturated heterocycles. The van der Waals surface area contributed by atoms with Crippen LogP contribution in [0.15, 0.2) is 12.1 Å². The number of ether oxygens (including phenoxy) is 1. The van der Waals surface area contributed by atoms with E-state index in [0.29, 0.717) is 0 Å². The van der Waals surface area contributed by atoms with Crippen molar-refractivity contribution in [3.8, 4) is 5.75 Å². The number of halogens is 1. The van der Waals surface area contributed by atoms with Crippen molar-refractivity contribution in [2.45, 2.75) is 6.54 Å². The summed E-state index contributed by atoms with van der Waals surface area (Å²) in [7, 11) is 1.28. The first-order chi connectivity index (χ1) is 6.60. The van der Waals surface area contributed by atoms with Crippen molar-refractivity contribution in [2.75, 3.05) is 7.11 Å². The van der Waals surface area contributed by atoms with E-state index in [-0.39, 0.29) is 23.5 Å². The fourth-order valence-electron chi connectivity index (χ4n) is 1.12. The highest BCUT2D eigenvalue weighted by Crippen LogP contribution is 2.27. The highest BCUT2D eigenvalue weighted by atomic mass is 19.1. The van der Waals surface area contributed by atoms with E-state index in [1.807, 2.05) is 0 Å². The number of nitro groups is 1. The lowest BCUT2D eigenvalue weighted by molar-refractivity contribution is -0.385. The lowest BCUT2D eigenvalue weighted by Crippen LogP contribution is -2.03. The number of hydrogen-bond donors (Lipinski definition) is 1. The van der Waals surface area contributed by atoms with E-state index in [9.17, 15) is 14.5 Å². The Morgan fingerprint density at radius 3 is 2.71 bits per heavy atom. The van der Waals surface area contributed by atoms with Gasteiger partial charge in [-0.15, -0.1) is 0 Å². The molecule has 0 heterocycles. The maximum atomic E-state index is 13.2. The van der Waals surface area contributed by atoms with E-state index in [0.717, 1.165) is 6.07 Å². The Balaban J connectivity index is 3.31. The second-order valence-corrected chi connectivity index (χ2v) is 2.58. The molecular formula is C8H9FN2O3. The number of nitro benzene ring substituents is 1. The van der Waals surface area contributed by atoms with Crippen LogP contribution in [0.3, 0.4) is 0 Å². The molecule has 0 atom stereocenters. The molecule has 1 aromatic carbocycles. The Morgan fingerprint density at radius 1 is 1.64 bits per heavy atom. The monoisotopic (exact) mass is 200 g/mol. The average molecular weight is 200 g/mol. The third kappa shape index (κ3) is 1.80. The van der Waals surface area contributed by atoms with Crippen molar-refractivity contribution >= 4 is 5.69 Å². The molecular weight excluding hydrogens is 191 g/mol. The van der Waals surface area contributed by atoms with Crippen LogP contribution in [0.2, 0.25) is 0 Å². The molecule has 0 spiro atoms. The summed E-state index contributed by atoms with van der Waals surface area (Å²) < 4.78 is 17.9. The minimum absolute atomic E-state index is 0.0121. The molecule has 14 heavy (non-hydrogen) atoms. The third-order valence-electron chi connectivity index (χ3n) is 1.74. The van der Waals surface area contributed by atoms with Crippen LogP contribution in [-0.4, -0.2) is 12.0 Å². The van der Waals surface area contributed by atoms with Crippen LogP contribution < -0.4 is 10.5 Å². The quantitative estimate of drug-likeness (QED) is 0.587. The van der Waals surface area contributed by atoms with E-state index >= 15 is 0 Å². The number of rotatable bonds is 3. The van der Waals surface area contributed by atoms with Crippen molar-refractivity contribution in [3.05, 3.63) is 33.6 Å². The van der Waals surface area contributed by atoms with Crippen molar-refractivity contribution in [1.29, 1.82) is 0 Å². The largest absolute Gasteiger partial charge is 0.493 e. The van der Waals surface area contributed by atoms with Gasteiger partial charge in [-0.3, -0.25) is 10.1 Å². The number of nitrogens with zero attached hydrogens (tertiary/aromatic N) is 1. The number of hydrogen-bond acceptors (Lipinski definition) is 4. The summed E-state index contributed by atoms with van der Waals surface area (Å²) in [6, 6.07) is 2.00. The molecule has 0 aliphatic carbocycles. The summed E-state index contributed by atoms with van der Waals surface area (Å²) in [5.74, 6) is -0.819. The topological polar surface area (TPSA) is 78.4 Å². The molecule has 0 saturated carbocycles. The van der Waals surface area contributed by atoms with Crippen LogP contribution in [0.25, 0.3) is 0 Å². The zero-order valence-corrected chi connectivity index (χ0v) is 7.49. The fraction of sp³-hybridized carbons (Fsp3) is 0.250. The first kappa shape index (κ1) is 10.4. The summed E-state index contributed by atoms with van der Waals surface area (Å²) in [6.07, 6.45) is 0. The van der Waals surface area contributed by atoms with Gasteiger partial charge in [-0.2, -0.15) is 0 Å². The van der Waals surface area contributed by atoms with Crippen LogP contribution in [0, 0.1) is 15.9 Å². The van der Waals surface area contributed by atoms with E-state index in [2.05, 4.69) is 0 Å². The Labute approximate surface area is 79.4 Å². The van der Waals surface area contributed by atoms with E-state index in [4.69, 9.17) is 10.5 Å². The number of non-ortho nitro benzene ring substituents is 1. The first-order valence-electron chi connectivity index (χ1n) is 3.81. The van der Waals surface area contributed by atoms with E-state index in [1.54, 1.807) is 0 Å². The second-order valence-electron chi connectivity index (χ2n) is 2.58. The third-order valence-corrected chi connectivity index (χ3v) is 1.74. The molecule has 0 aliphatic rings. The Kier molecular flexibility index (Phi) is 2.98. The highest BCUT2D eigenvalue weighted by Gasteiger charge is 2.16. The summed E-state index contributed by atoms with van der Waals surface area (Å²) in [5.41, 5.74) is 5.24. The molecule has 0 unspecified atom stereocenters. The maximum absolute atomic E-state index is 13.2. The molecule has 76 valence electrons. The molecule has 0 bridgehead atoms. The molecule has 1 aromatic rings. The van der Waals surface area contributed by atoms with E-state index in [1.165, 1.54) is 13.2 Å². The standard InChI is InChI=1S/C8H9FN2O3/c1-14-8-5(4-10)2-6(11(12)13)3-7(8)9/h2-3H,4,10H2,1H3. The van der Waals surface area contributed by atoms with Crippen LogP contribution in [0.4, 0.5) is 10.1 Å². The minimum Gasteiger partial charge on any atom is -0.493 e. The Bertz CT molecular complexity index is 368. The maximum Gasteiger partial charge on any atom is 0.272 e. The lowest BCUT2D eigenvalue weighted by atomic mass is 10.1. The lowest BCUT2D eigenvalue weighted by Gasteiger charge is -2.06. The van der Waals surface area contributed by atoms with Crippen molar-refractivity contribution in [3.63, 3.8) is 0 Å².